The van der Waals surface area contributed by atoms with Crippen LogP contribution in [0.25, 0.3) is 66.4 Å². The van der Waals surface area contributed by atoms with E-state index in [2.05, 4.69) is 231 Å². The zero-order valence-electron chi connectivity index (χ0n) is 31.7. The van der Waals surface area contributed by atoms with E-state index >= 15 is 0 Å². The van der Waals surface area contributed by atoms with Gasteiger partial charge in [0.25, 0.3) is 0 Å². The van der Waals surface area contributed by atoms with E-state index in [0.717, 1.165) is 17.1 Å². The Kier molecular flexibility index (Phi) is 8.23. The molecule has 0 radical (unpaired) electrons. The number of para-hydroxylation sites is 1. The maximum atomic E-state index is 2.44. The van der Waals surface area contributed by atoms with E-state index in [1.54, 1.807) is 0 Å². The Morgan fingerprint density at radius 3 is 1.61 bits per heavy atom. The van der Waals surface area contributed by atoms with Gasteiger partial charge in [-0.15, -0.1) is 0 Å². The minimum Gasteiger partial charge on any atom is -0.310 e. The van der Waals surface area contributed by atoms with Crippen LogP contribution in [0.3, 0.4) is 0 Å². The molecule has 0 aromatic heterocycles. The van der Waals surface area contributed by atoms with Crippen LogP contribution >= 0.6 is 0 Å². The molecule has 0 unspecified atom stereocenters. The molecule has 0 amide bonds. The minimum atomic E-state index is -0.0834. The summed E-state index contributed by atoms with van der Waals surface area (Å²) in [5, 5.41) is 2.49. The summed E-state index contributed by atoms with van der Waals surface area (Å²) < 4.78 is 0. The molecule has 0 heterocycles. The molecular weight excluding hydrogens is 675 g/mol. The van der Waals surface area contributed by atoms with E-state index < -0.39 is 0 Å². The van der Waals surface area contributed by atoms with Crippen LogP contribution in [0.2, 0.25) is 0 Å². The Labute approximate surface area is 329 Å². The maximum absolute atomic E-state index is 2.44. The summed E-state index contributed by atoms with van der Waals surface area (Å²) in [6.45, 7) is 4.71. The highest BCUT2D eigenvalue weighted by atomic mass is 15.1. The van der Waals surface area contributed by atoms with Gasteiger partial charge in [0.1, 0.15) is 0 Å². The van der Waals surface area contributed by atoms with Gasteiger partial charge in [-0.05, 0) is 108 Å². The molecule has 0 saturated carbocycles. The van der Waals surface area contributed by atoms with Crippen molar-refractivity contribution in [1.29, 1.82) is 0 Å². The Morgan fingerprint density at radius 1 is 0.321 bits per heavy atom. The summed E-state index contributed by atoms with van der Waals surface area (Å²) >= 11 is 0. The normalized spacial score (nSPS) is 12.6. The molecule has 9 aromatic carbocycles. The minimum absolute atomic E-state index is 0.0834. The average molecular weight is 716 g/mol. The van der Waals surface area contributed by atoms with E-state index in [4.69, 9.17) is 0 Å². The largest absolute Gasteiger partial charge is 0.310 e. The van der Waals surface area contributed by atoms with Crippen molar-refractivity contribution in [3.63, 3.8) is 0 Å². The van der Waals surface area contributed by atoms with Gasteiger partial charge in [-0.3, -0.25) is 0 Å². The second-order valence-electron chi connectivity index (χ2n) is 15.4. The molecule has 0 bridgehead atoms. The standard InChI is InChI=1S/C55H41N/c1-55(2)51-23-10-8-21-50(51)54-49(22-13-24-52(54)55)48-20-9-11-25-53(48)56(47-19-12-18-44(37-47)45-31-30-39-16-6-7-17-43(39)36-45)46-34-32-42(33-35-46)41-28-26-40(27-29-41)38-14-4-3-5-15-38/h3-37H,1-2H3. The Hall–Kier alpha value is -6.96. The van der Waals surface area contributed by atoms with Gasteiger partial charge in [0, 0.05) is 22.4 Å². The number of nitrogens with zero attached hydrogens (tertiary/aromatic N) is 1. The SMILES string of the molecule is CC1(C)c2ccccc2-c2c(-c3ccccc3N(c3ccc(-c4ccc(-c5ccccc5)cc4)cc3)c3cccc(-c4ccc5ccccc5c4)c3)cccc21. The zero-order chi connectivity index (χ0) is 37.6. The van der Waals surface area contributed by atoms with Gasteiger partial charge in [-0.2, -0.15) is 0 Å². The molecular formula is C55H41N. The summed E-state index contributed by atoms with van der Waals surface area (Å²) in [7, 11) is 0. The van der Waals surface area contributed by atoms with Crippen LogP contribution in [0.15, 0.2) is 212 Å². The van der Waals surface area contributed by atoms with Crippen molar-refractivity contribution in [3.05, 3.63) is 223 Å². The van der Waals surface area contributed by atoms with Crippen molar-refractivity contribution in [3.8, 4) is 55.6 Å². The lowest BCUT2D eigenvalue weighted by Gasteiger charge is -2.29. The number of anilines is 3. The molecule has 0 fully saturated rings. The fraction of sp³-hybridized carbons (Fsp3) is 0.0545. The van der Waals surface area contributed by atoms with E-state index in [-0.39, 0.29) is 5.41 Å². The van der Waals surface area contributed by atoms with Crippen molar-refractivity contribution < 1.29 is 0 Å². The third-order valence-electron chi connectivity index (χ3n) is 11.7. The van der Waals surface area contributed by atoms with E-state index in [9.17, 15) is 0 Å². The topological polar surface area (TPSA) is 3.24 Å². The molecule has 266 valence electrons. The van der Waals surface area contributed by atoms with Gasteiger partial charge in [0.05, 0.1) is 5.69 Å². The molecule has 9 aromatic rings. The van der Waals surface area contributed by atoms with Crippen LogP contribution in [-0.2, 0) is 5.41 Å². The first-order chi connectivity index (χ1) is 27.5. The number of rotatable bonds is 7. The summed E-state index contributed by atoms with van der Waals surface area (Å²) in [6, 6.07) is 77.6. The zero-order valence-corrected chi connectivity index (χ0v) is 31.7. The molecule has 0 aliphatic heterocycles. The van der Waals surface area contributed by atoms with E-state index in [0.29, 0.717) is 0 Å². The van der Waals surface area contributed by atoms with Crippen LogP contribution < -0.4 is 4.90 Å². The highest BCUT2D eigenvalue weighted by Gasteiger charge is 2.37. The van der Waals surface area contributed by atoms with Crippen LogP contribution in [0, 0.1) is 0 Å². The molecule has 0 saturated heterocycles. The van der Waals surface area contributed by atoms with Crippen LogP contribution in [-0.4, -0.2) is 0 Å². The number of hydrogen-bond acceptors (Lipinski definition) is 1. The third-order valence-corrected chi connectivity index (χ3v) is 11.7. The predicted molar refractivity (Wildman–Crippen MR) is 238 cm³/mol. The summed E-state index contributed by atoms with van der Waals surface area (Å²) in [6.07, 6.45) is 0. The maximum Gasteiger partial charge on any atom is 0.0540 e. The highest BCUT2D eigenvalue weighted by molar-refractivity contribution is 5.98. The van der Waals surface area contributed by atoms with Crippen LogP contribution in [0.1, 0.15) is 25.0 Å². The predicted octanol–water partition coefficient (Wildman–Crippen LogP) is 15.3. The van der Waals surface area contributed by atoms with Crippen molar-refractivity contribution >= 4 is 27.8 Å². The smallest absolute Gasteiger partial charge is 0.0540 e. The van der Waals surface area contributed by atoms with Gasteiger partial charge < -0.3 is 4.90 Å². The first kappa shape index (κ1) is 33.6. The molecule has 0 spiro atoms. The number of fused-ring (bicyclic) bond motifs is 4. The van der Waals surface area contributed by atoms with Crippen molar-refractivity contribution in [2.75, 3.05) is 4.90 Å². The lowest BCUT2D eigenvalue weighted by molar-refractivity contribution is 0.660. The Morgan fingerprint density at radius 2 is 0.839 bits per heavy atom. The molecule has 1 aliphatic carbocycles. The van der Waals surface area contributed by atoms with Crippen LogP contribution in [0.4, 0.5) is 17.1 Å². The monoisotopic (exact) mass is 715 g/mol. The van der Waals surface area contributed by atoms with Gasteiger partial charge >= 0.3 is 0 Å². The van der Waals surface area contributed by atoms with Crippen molar-refractivity contribution in [1.82, 2.24) is 0 Å². The summed E-state index contributed by atoms with van der Waals surface area (Å²) in [5.41, 5.74) is 18.3. The fourth-order valence-corrected chi connectivity index (χ4v) is 8.78. The van der Waals surface area contributed by atoms with Crippen LogP contribution in [0.5, 0.6) is 0 Å². The average Bonchev–Trinajstić information content (AvgIpc) is 3.50. The fourth-order valence-electron chi connectivity index (χ4n) is 8.78. The van der Waals surface area contributed by atoms with E-state index in [1.807, 2.05) is 0 Å². The van der Waals surface area contributed by atoms with Gasteiger partial charge in [-0.1, -0.05) is 190 Å². The Bertz CT molecular complexity index is 2860. The van der Waals surface area contributed by atoms with Gasteiger partial charge in [-0.25, -0.2) is 0 Å². The molecule has 10 rings (SSSR count). The molecule has 1 nitrogen and oxygen atoms in total. The second kappa shape index (κ2) is 13.7. The number of benzene rings is 9. The molecule has 56 heavy (non-hydrogen) atoms. The quantitative estimate of drug-likeness (QED) is 0.159. The lowest BCUT2D eigenvalue weighted by Crippen LogP contribution is -2.14. The van der Waals surface area contributed by atoms with Gasteiger partial charge in [0.2, 0.25) is 0 Å². The van der Waals surface area contributed by atoms with Crippen molar-refractivity contribution in [2.45, 2.75) is 19.3 Å². The lowest BCUT2D eigenvalue weighted by atomic mass is 9.82. The third kappa shape index (κ3) is 5.81. The molecule has 1 heteroatoms. The molecule has 0 N–H and O–H groups in total. The molecule has 1 aliphatic rings. The second-order valence-corrected chi connectivity index (χ2v) is 15.4. The summed E-state index contributed by atoms with van der Waals surface area (Å²) in [5.74, 6) is 0. The summed E-state index contributed by atoms with van der Waals surface area (Å²) in [4.78, 5) is 2.44. The van der Waals surface area contributed by atoms with Gasteiger partial charge in [0.15, 0.2) is 0 Å². The highest BCUT2D eigenvalue weighted by Crippen LogP contribution is 2.53. The first-order valence-electron chi connectivity index (χ1n) is 19.5. The van der Waals surface area contributed by atoms with Crippen molar-refractivity contribution in [2.24, 2.45) is 0 Å². The molecule has 0 atom stereocenters. The first-order valence-corrected chi connectivity index (χ1v) is 19.5. The number of hydrogen-bond donors (Lipinski definition) is 0. The Balaban J connectivity index is 1.12. The van der Waals surface area contributed by atoms with E-state index in [1.165, 1.54) is 77.5 Å².